The molecule has 0 aliphatic rings. The van der Waals surface area contributed by atoms with E-state index in [4.69, 9.17) is 16.3 Å². The Morgan fingerprint density at radius 3 is 2.28 bits per heavy atom. The van der Waals surface area contributed by atoms with E-state index in [0.29, 0.717) is 18.1 Å². The van der Waals surface area contributed by atoms with Crippen LogP contribution in [-0.2, 0) is 11.3 Å². The molecule has 25 heavy (non-hydrogen) atoms. The Morgan fingerprint density at radius 1 is 1.08 bits per heavy atom. The van der Waals surface area contributed by atoms with Crippen molar-refractivity contribution in [3.05, 3.63) is 77.2 Å². The van der Waals surface area contributed by atoms with Gasteiger partial charge in [-0.3, -0.25) is 0 Å². The summed E-state index contributed by atoms with van der Waals surface area (Å²) in [6.07, 6.45) is 1.60. The predicted octanol–water partition coefficient (Wildman–Crippen LogP) is 2.33. The van der Waals surface area contributed by atoms with Crippen molar-refractivity contribution < 1.29 is 28.4 Å². The zero-order valence-electron chi connectivity index (χ0n) is 15.3. The van der Waals surface area contributed by atoms with Crippen molar-refractivity contribution in [3.8, 4) is 0 Å². The van der Waals surface area contributed by atoms with Crippen molar-refractivity contribution in [3.63, 3.8) is 0 Å². The second kappa shape index (κ2) is 9.82. The number of benzene rings is 2. The van der Waals surface area contributed by atoms with E-state index in [1.54, 1.807) is 4.90 Å². The van der Waals surface area contributed by atoms with E-state index in [9.17, 15) is 4.79 Å². The summed E-state index contributed by atoms with van der Waals surface area (Å²) in [5.41, 5.74) is 1.42. The Morgan fingerprint density at radius 2 is 1.68 bits per heavy atom. The molecule has 5 heteroatoms. The third-order valence-corrected chi connectivity index (χ3v) is 3.65. The van der Waals surface area contributed by atoms with Crippen LogP contribution >= 0.6 is 11.6 Å². The number of rotatable bonds is 5. The number of ether oxygens (including phenoxy) is 1. The van der Waals surface area contributed by atoms with Crippen LogP contribution in [0.4, 0.5) is 4.79 Å². The minimum atomic E-state index is -0.531. The first-order chi connectivity index (χ1) is 11.3. The first kappa shape index (κ1) is 21.5. The molecule has 0 atom stereocenters. The predicted molar refractivity (Wildman–Crippen MR) is 97.9 cm³/mol. The maximum absolute atomic E-state index is 12.5. The zero-order chi connectivity index (χ0) is 17.6. The molecule has 0 aliphatic heterocycles. The smallest absolute Gasteiger partial charge is 0.444 e. The molecule has 3 nitrogen and oxygen atoms in total. The van der Waals surface area contributed by atoms with Crippen LogP contribution in [0.15, 0.2) is 54.6 Å². The Hall–Kier alpha value is -1.53. The van der Waals surface area contributed by atoms with Gasteiger partial charge in [0.05, 0.1) is 0 Å². The number of halogens is 1. The van der Waals surface area contributed by atoms with E-state index < -0.39 is 5.60 Å². The Balaban J connectivity index is 0.00000312. The van der Waals surface area contributed by atoms with Gasteiger partial charge >= 0.3 is 25.0 Å². The first-order valence-electron chi connectivity index (χ1n) is 7.95. The summed E-state index contributed by atoms with van der Waals surface area (Å²) >= 11 is 6.19. The van der Waals surface area contributed by atoms with Crippen LogP contribution in [0.2, 0.25) is 5.02 Å². The van der Waals surface area contributed by atoms with E-state index in [-0.39, 0.29) is 25.0 Å². The van der Waals surface area contributed by atoms with Crippen molar-refractivity contribution in [1.82, 2.24) is 4.90 Å². The van der Waals surface area contributed by atoms with Crippen molar-refractivity contribution in [1.29, 1.82) is 0 Å². The van der Waals surface area contributed by atoms with Gasteiger partial charge < -0.3 is 9.64 Å². The fourth-order valence-electron chi connectivity index (χ4n) is 2.18. The van der Waals surface area contributed by atoms with Gasteiger partial charge in [0.15, 0.2) is 0 Å². The molecule has 0 radical (unpaired) electrons. The van der Waals surface area contributed by atoms with Crippen molar-refractivity contribution in [2.45, 2.75) is 32.9 Å². The van der Waals surface area contributed by atoms with E-state index in [1.807, 2.05) is 81.8 Å². The number of hydrogen-bond donors (Lipinski definition) is 0. The summed E-state index contributed by atoms with van der Waals surface area (Å²) in [6.45, 7) is 6.50. The van der Waals surface area contributed by atoms with Gasteiger partial charge in [0.2, 0.25) is 0 Å². The average Bonchev–Trinajstić information content (AvgIpc) is 2.52. The molecule has 0 unspecified atom stereocenters. The Bertz CT molecular complexity index is 671. The van der Waals surface area contributed by atoms with Gasteiger partial charge in [-0.25, -0.2) is 4.79 Å². The molecule has 0 N–H and O–H groups in total. The second-order valence-corrected chi connectivity index (χ2v) is 6.98. The summed E-state index contributed by atoms with van der Waals surface area (Å²) in [5.74, 6) is 0. The molecule has 128 valence electrons. The molecular weight excluding hydrogens is 329 g/mol. The summed E-state index contributed by atoms with van der Waals surface area (Å²) < 4.78 is 5.52. The van der Waals surface area contributed by atoms with Crippen LogP contribution in [-0.4, -0.2) is 23.1 Å². The fourth-order valence-corrected chi connectivity index (χ4v) is 2.40. The topological polar surface area (TPSA) is 29.5 Å². The van der Waals surface area contributed by atoms with E-state index >= 15 is 0 Å². The quantitative estimate of drug-likeness (QED) is 0.611. The van der Waals surface area contributed by atoms with Crippen LogP contribution in [0.5, 0.6) is 0 Å². The summed E-state index contributed by atoms with van der Waals surface area (Å²) in [5, 5.41) is 0.668. The van der Waals surface area contributed by atoms with Gasteiger partial charge in [0, 0.05) is 6.54 Å². The number of carbonyl (C=O) groups excluding carboxylic acids is 1. The van der Waals surface area contributed by atoms with Gasteiger partial charge in [-0.2, -0.15) is 29.7 Å². The van der Waals surface area contributed by atoms with Crippen LogP contribution in [0.3, 0.4) is 0 Å². The molecule has 0 saturated heterocycles. The minimum absolute atomic E-state index is 0. The largest absolute Gasteiger partial charge is 1.00 e. The zero-order valence-corrected chi connectivity index (χ0v) is 16.1. The fraction of sp³-hybridized carbons (Fsp3) is 0.300. The van der Waals surface area contributed by atoms with Gasteiger partial charge in [-0.05, 0) is 32.9 Å². The third-order valence-electron chi connectivity index (χ3n) is 3.30. The van der Waals surface area contributed by atoms with Crippen LogP contribution < -0.4 is 18.9 Å². The molecule has 1 amide bonds. The van der Waals surface area contributed by atoms with E-state index in [0.717, 1.165) is 11.1 Å². The number of amides is 1. The molecular formula is C20H23ClLiNO2. The normalized spacial score (nSPS) is 10.6. The molecule has 0 aromatic heterocycles. The summed E-state index contributed by atoms with van der Waals surface area (Å²) in [7, 11) is 0. The van der Waals surface area contributed by atoms with Gasteiger partial charge in [-0.1, -0.05) is 41.4 Å². The minimum Gasteiger partial charge on any atom is -0.444 e. The van der Waals surface area contributed by atoms with Gasteiger partial charge in [0.1, 0.15) is 5.60 Å². The van der Waals surface area contributed by atoms with Crippen LogP contribution in [0.1, 0.15) is 31.9 Å². The van der Waals surface area contributed by atoms with Crippen LogP contribution in [0, 0.1) is 6.42 Å². The monoisotopic (exact) mass is 351 g/mol. The van der Waals surface area contributed by atoms with Crippen molar-refractivity contribution in [2.75, 3.05) is 6.54 Å². The number of carbonyl (C=O) groups is 1. The maximum atomic E-state index is 12.5. The Kier molecular flexibility index (Phi) is 8.45. The third kappa shape index (κ3) is 7.48. The molecule has 0 heterocycles. The molecule has 2 rings (SSSR count). The van der Waals surface area contributed by atoms with Crippen molar-refractivity contribution >= 4 is 17.7 Å². The Labute approximate surface area is 167 Å². The van der Waals surface area contributed by atoms with E-state index in [2.05, 4.69) is 0 Å². The average molecular weight is 352 g/mol. The standard InChI is InChI=1S/C20H23ClNO2.Li/c1-20(2,3)24-19(23)22(15-16-9-5-4-6-10-16)14-13-17-11-7-8-12-18(17)21;/h4-13H,14-15H2,1-3H3;/q-1;+1. The molecule has 0 bridgehead atoms. The molecule has 0 spiro atoms. The van der Waals surface area contributed by atoms with Crippen molar-refractivity contribution in [2.24, 2.45) is 0 Å². The SMILES string of the molecule is CC(C)(C)OC(=O)N(C[CH-]c1ccccc1Cl)Cc1ccccc1.[Li+]. The second-order valence-electron chi connectivity index (χ2n) is 6.57. The first-order valence-corrected chi connectivity index (χ1v) is 8.32. The van der Waals surface area contributed by atoms with E-state index in [1.165, 1.54) is 0 Å². The maximum Gasteiger partial charge on any atom is 1.00 e. The van der Waals surface area contributed by atoms with Gasteiger partial charge in [0.25, 0.3) is 0 Å². The summed E-state index contributed by atoms with van der Waals surface area (Å²) in [4.78, 5) is 14.2. The molecule has 0 fully saturated rings. The molecule has 2 aromatic carbocycles. The molecule has 2 aromatic rings. The molecule has 0 aliphatic carbocycles. The number of nitrogens with zero attached hydrogens (tertiary/aromatic N) is 1. The van der Waals surface area contributed by atoms with Crippen LogP contribution in [0.25, 0.3) is 0 Å². The number of hydrogen-bond acceptors (Lipinski definition) is 2. The molecule has 0 saturated carbocycles. The summed E-state index contributed by atoms with van der Waals surface area (Å²) in [6, 6.07) is 17.4. The van der Waals surface area contributed by atoms with Gasteiger partial charge in [-0.15, -0.1) is 12.1 Å².